The molecule has 1 aliphatic rings. The Kier molecular flexibility index (Phi) is 4.54. The van der Waals surface area contributed by atoms with E-state index in [0.29, 0.717) is 5.56 Å². The first-order valence-electron chi connectivity index (χ1n) is 7.48. The van der Waals surface area contributed by atoms with Crippen LogP contribution in [0.2, 0.25) is 0 Å². The average molecular weight is 328 g/mol. The van der Waals surface area contributed by atoms with Crippen molar-refractivity contribution in [1.82, 2.24) is 5.06 Å². The second-order valence-corrected chi connectivity index (χ2v) is 5.43. The van der Waals surface area contributed by atoms with Gasteiger partial charge in [-0.15, -0.1) is 0 Å². The first-order valence-corrected chi connectivity index (χ1v) is 7.48. The number of hydrogen-bond acceptors (Lipinski definition) is 5. The molecule has 2 aromatic carbocycles. The minimum Gasteiger partial charge on any atom is -0.341 e. The van der Waals surface area contributed by atoms with Crippen molar-refractivity contribution in [3.05, 3.63) is 75.8 Å². The summed E-state index contributed by atoms with van der Waals surface area (Å²) in [7, 11) is 0. The molecular formula is C17H16N2O5. The van der Waals surface area contributed by atoms with Crippen molar-refractivity contribution in [3.63, 3.8) is 0 Å². The fourth-order valence-electron chi connectivity index (χ4n) is 2.51. The monoisotopic (exact) mass is 328 g/mol. The highest BCUT2D eigenvalue weighted by Gasteiger charge is 2.34. The van der Waals surface area contributed by atoms with Crippen LogP contribution in [0, 0.1) is 10.1 Å². The summed E-state index contributed by atoms with van der Waals surface area (Å²) in [6.07, 6.45) is -1.33. The number of hydroxylamine groups is 2. The van der Waals surface area contributed by atoms with Gasteiger partial charge in [-0.1, -0.05) is 30.3 Å². The Balaban J connectivity index is 1.87. The summed E-state index contributed by atoms with van der Waals surface area (Å²) in [6, 6.07) is 14.9. The number of nitrogens with zero attached hydrogens (tertiary/aromatic N) is 2. The van der Waals surface area contributed by atoms with Crippen LogP contribution >= 0.6 is 0 Å². The number of rotatable bonds is 3. The van der Waals surface area contributed by atoms with Crippen LogP contribution in [0.1, 0.15) is 29.1 Å². The van der Waals surface area contributed by atoms with Gasteiger partial charge >= 0.3 is 0 Å². The van der Waals surface area contributed by atoms with E-state index in [0.717, 1.165) is 0 Å². The second kappa shape index (κ2) is 6.77. The molecule has 1 saturated heterocycles. The molecule has 0 radical (unpaired) electrons. The molecule has 24 heavy (non-hydrogen) atoms. The van der Waals surface area contributed by atoms with Gasteiger partial charge in [-0.2, -0.15) is 0 Å². The van der Waals surface area contributed by atoms with Crippen molar-refractivity contribution in [2.75, 3.05) is 6.54 Å². The Morgan fingerprint density at radius 3 is 2.54 bits per heavy atom. The van der Waals surface area contributed by atoms with Crippen molar-refractivity contribution in [3.8, 4) is 0 Å². The maximum Gasteiger partial charge on any atom is 0.277 e. The molecule has 124 valence electrons. The fraction of sp³-hybridized carbons (Fsp3) is 0.235. The van der Waals surface area contributed by atoms with E-state index < -0.39 is 11.2 Å². The molecule has 2 aromatic rings. The van der Waals surface area contributed by atoms with E-state index in [-0.39, 0.29) is 29.8 Å². The molecule has 0 unspecified atom stereocenters. The average Bonchev–Trinajstić information content (AvgIpc) is 2.61. The number of ether oxygens (including phenoxy) is 1. The number of amides is 1. The summed E-state index contributed by atoms with van der Waals surface area (Å²) in [5.41, 5.74) is 0.650. The molecule has 7 heteroatoms. The number of benzene rings is 2. The Labute approximate surface area is 138 Å². The van der Waals surface area contributed by atoms with Crippen molar-refractivity contribution in [2.45, 2.75) is 19.3 Å². The fourth-order valence-corrected chi connectivity index (χ4v) is 2.51. The van der Waals surface area contributed by atoms with Crippen molar-refractivity contribution < 1.29 is 19.3 Å². The molecule has 7 nitrogen and oxygen atoms in total. The Bertz CT molecular complexity index is 750. The molecule has 1 fully saturated rings. The summed E-state index contributed by atoms with van der Waals surface area (Å²) in [4.78, 5) is 28.9. The van der Waals surface area contributed by atoms with Gasteiger partial charge in [0.05, 0.1) is 23.1 Å². The van der Waals surface area contributed by atoms with Gasteiger partial charge in [0.2, 0.25) is 6.29 Å². The van der Waals surface area contributed by atoms with Gasteiger partial charge in [0.15, 0.2) is 0 Å². The van der Waals surface area contributed by atoms with Gasteiger partial charge < -0.3 is 4.74 Å². The smallest absolute Gasteiger partial charge is 0.277 e. The van der Waals surface area contributed by atoms with Gasteiger partial charge in [0.1, 0.15) is 0 Å². The zero-order valence-corrected chi connectivity index (χ0v) is 13.0. The largest absolute Gasteiger partial charge is 0.341 e. The molecule has 3 rings (SSSR count). The summed E-state index contributed by atoms with van der Waals surface area (Å²) < 4.78 is 5.66. The quantitative estimate of drug-likeness (QED) is 0.639. The van der Waals surface area contributed by atoms with Crippen molar-refractivity contribution >= 4 is 11.6 Å². The van der Waals surface area contributed by atoms with E-state index in [4.69, 9.17) is 9.57 Å². The van der Waals surface area contributed by atoms with E-state index in [1.165, 1.54) is 11.1 Å². The molecule has 1 heterocycles. The van der Waals surface area contributed by atoms with E-state index in [1.807, 2.05) is 6.07 Å². The van der Waals surface area contributed by atoms with Crippen LogP contribution in [0.4, 0.5) is 5.69 Å². The molecule has 2 atom stereocenters. The third kappa shape index (κ3) is 3.27. The van der Waals surface area contributed by atoms with E-state index in [2.05, 4.69) is 0 Å². The Hall–Kier alpha value is -2.77. The molecule has 0 aliphatic carbocycles. The van der Waals surface area contributed by atoms with Gasteiger partial charge in [-0.25, -0.2) is 9.90 Å². The van der Waals surface area contributed by atoms with Crippen LogP contribution in [0.3, 0.4) is 0 Å². The van der Waals surface area contributed by atoms with Crippen LogP contribution in [0.15, 0.2) is 54.6 Å². The second-order valence-electron chi connectivity index (χ2n) is 5.43. The lowest BCUT2D eigenvalue weighted by Gasteiger charge is -2.35. The highest BCUT2D eigenvalue weighted by molar-refractivity contribution is 5.93. The number of carbonyl (C=O) groups is 1. The third-order valence-corrected chi connectivity index (χ3v) is 3.64. The van der Waals surface area contributed by atoms with Gasteiger partial charge in [-0.3, -0.25) is 14.9 Å². The predicted molar refractivity (Wildman–Crippen MR) is 84.9 cm³/mol. The first-order chi connectivity index (χ1) is 11.6. The minimum absolute atomic E-state index is 0.108. The van der Waals surface area contributed by atoms with E-state index in [1.54, 1.807) is 49.4 Å². The summed E-state index contributed by atoms with van der Waals surface area (Å²) in [6.45, 7) is 2.03. The van der Waals surface area contributed by atoms with Crippen molar-refractivity contribution in [2.24, 2.45) is 0 Å². The molecule has 0 bridgehead atoms. The molecule has 1 aliphatic heterocycles. The lowest BCUT2D eigenvalue weighted by Crippen LogP contribution is -2.44. The van der Waals surface area contributed by atoms with E-state index in [9.17, 15) is 14.9 Å². The van der Waals surface area contributed by atoms with Gasteiger partial charge in [0.25, 0.3) is 11.6 Å². The molecule has 1 amide bonds. The molecule has 0 saturated carbocycles. The summed E-state index contributed by atoms with van der Waals surface area (Å²) in [5, 5.41) is 12.4. The van der Waals surface area contributed by atoms with Crippen LogP contribution in [0.5, 0.6) is 0 Å². The number of nitro groups is 1. The number of hydrogen-bond donors (Lipinski definition) is 0. The van der Waals surface area contributed by atoms with E-state index >= 15 is 0 Å². The summed E-state index contributed by atoms with van der Waals surface area (Å²) >= 11 is 0. The number of nitro benzene ring substituents is 1. The maximum atomic E-state index is 12.6. The number of carbonyl (C=O) groups excluding carboxylic acids is 1. The Morgan fingerprint density at radius 1 is 1.17 bits per heavy atom. The predicted octanol–water partition coefficient (Wildman–Crippen LogP) is 3.09. The zero-order chi connectivity index (χ0) is 17.1. The van der Waals surface area contributed by atoms with Crippen LogP contribution < -0.4 is 0 Å². The lowest BCUT2D eigenvalue weighted by molar-refractivity contribution is -0.390. The SMILES string of the molecule is C[C@H]1CN(C(=O)c2ccccc2)O[C@@H](c2ccccc2[N+](=O)[O-])O1. The molecule has 0 aromatic heterocycles. The highest BCUT2D eigenvalue weighted by Crippen LogP contribution is 2.33. The normalized spacial score (nSPS) is 20.6. The van der Waals surface area contributed by atoms with Gasteiger partial charge in [0, 0.05) is 11.6 Å². The Morgan fingerprint density at radius 2 is 1.83 bits per heavy atom. The third-order valence-electron chi connectivity index (χ3n) is 3.64. The maximum absolute atomic E-state index is 12.6. The zero-order valence-electron chi connectivity index (χ0n) is 13.0. The minimum atomic E-state index is -1.01. The first kappa shape index (κ1) is 16.1. The van der Waals surface area contributed by atoms with Crippen LogP contribution in [-0.2, 0) is 9.57 Å². The lowest BCUT2D eigenvalue weighted by atomic mass is 10.1. The molecule has 0 spiro atoms. The van der Waals surface area contributed by atoms with Crippen LogP contribution in [0.25, 0.3) is 0 Å². The molecule has 0 N–H and O–H groups in total. The number of para-hydroxylation sites is 1. The van der Waals surface area contributed by atoms with Crippen molar-refractivity contribution in [1.29, 1.82) is 0 Å². The topological polar surface area (TPSA) is 81.9 Å². The highest BCUT2D eigenvalue weighted by atomic mass is 16.8. The van der Waals surface area contributed by atoms with Crippen LogP contribution in [-0.4, -0.2) is 28.5 Å². The van der Waals surface area contributed by atoms with Gasteiger partial charge in [-0.05, 0) is 25.1 Å². The standard InChI is InChI=1S/C17H16N2O5/c1-12-11-18(16(20)13-7-3-2-4-8-13)24-17(23-12)14-9-5-6-10-15(14)19(21)22/h2-10,12,17H,11H2,1H3/t12-,17-/m0/s1. The summed E-state index contributed by atoms with van der Waals surface area (Å²) in [5.74, 6) is -0.311. The molecular weight excluding hydrogens is 312 g/mol.